The van der Waals surface area contributed by atoms with E-state index < -0.39 is 0 Å². The van der Waals surface area contributed by atoms with Crippen LogP contribution in [0.1, 0.15) is 5.69 Å². The zero-order valence-corrected chi connectivity index (χ0v) is 12.1. The molecule has 1 saturated heterocycles. The maximum absolute atomic E-state index is 9.72. The van der Waals surface area contributed by atoms with Gasteiger partial charge >= 0.3 is 0 Å². The molecule has 4 nitrogen and oxygen atoms in total. The second-order valence-corrected chi connectivity index (χ2v) is 5.98. The van der Waals surface area contributed by atoms with Crippen LogP contribution >= 0.6 is 11.3 Å². The minimum Gasteiger partial charge on any atom is -0.391 e. The molecule has 106 valence electrons. The summed E-state index contributed by atoms with van der Waals surface area (Å²) in [6.45, 7) is 3.18. The molecule has 1 fully saturated rings. The van der Waals surface area contributed by atoms with Gasteiger partial charge in [-0.1, -0.05) is 30.3 Å². The number of aliphatic hydroxyl groups is 1. The van der Waals surface area contributed by atoms with Crippen LogP contribution in [0, 0.1) is 5.92 Å². The van der Waals surface area contributed by atoms with Gasteiger partial charge in [-0.25, -0.2) is 4.98 Å². The van der Waals surface area contributed by atoms with Crippen molar-refractivity contribution in [3.05, 3.63) is 41.4 Å². The van der Waals surface area contributed by atoms with Crippen molar-refractivity contribution < 1.29 is 5.11 Å². The van der Waals surface area contributed by atoms with E-state index in [4.69, 9.17) is 0 Å². The molecular weight excluding hydrogens is 270 g/mol. The summed E-state index contributed by atoms with van der Waals surface area (Å²) in [7, 11) is 0. The highest BCUT2D eigenvalue weighted by Crippen LogP contribution is 2.23. The average Bonchev–Trinajstić information content (AvgIpc) is 3.10. The first-order valence-electron chi connectivity index (χ1n) is 6.92. The molecule has 2 heterocycles. The van der Waals surface area contributed by atoms with Crippen LogP contribution in [0.4, 0.5) is 0 Å². The van der Waals surface area contributed by atoms with E-state index in [1.54, 1.807) is 11.3 Å². The van der Waals surface area contributed by atoms with Crippen LogP contribution < -0.4 is 10.6 Å². The van der Waals surface area contributed by atoms with Crippen LogP contribution in [0.3, 0.4) is 0 Å². The number of aromatic nitrogens is 1. The molecule has 2 aromatic rings. The number of hydrogen-bond donors (Lipinski definition) is 3. The topological polar surface area (TPSA) is 57.2 Å². The van der Waals surface area contributed by atoms with Gasteiger partial charge in [-0.05, 0) is 0 Å². The normalized spacial score (nSPS) is 22.2. The fourth-order valence-electron chi connectivity index (χ4n) is 2.41. The molecule has 0 amide bonds. The monoisotopic (exact) mass is 289 g/mol. The van der Waals surface area contributed by atoms with E-state index in [1.165, 1.54) is 5.56 Å². The van der Waals surface area contributed by atoms with Crippen LogP contribution in [0.5, 0.6) is 0 Å². The summed E-state index contributed by atoms with van der Waals surface area (Å²) >= 11 is 1.67. The highest BCUT2D eigenvalue weighted by atomic mass is 32.1. The van der Waals surface area contributed by atoms with Crippen molar-refractivity contribution in [2.75, 3.05) is 19.6 Å². The van der Waals surface area contributed by atoms with E-state index >= 15 is 0 Å². The Kier molecular flexibility index (Phi) is 4.42. The predicted octanol–water partition coefficient (Wildman–Crippen LogP) is 1.48. The summed E-state index contributed by atoms with van der Waals surface area (Å²) in [4.78, 5) is 4.64. The summed E-state index contributed by atoms with van der Waals surface area (Å²) in [5, 5.41) is 19.5. The Hall–Kier alpha value is -1.27. The number of thiazole rings is 1. The van der Waals surface area contributed by atoms with Gasteiger partial charge in [0.05, 0.1) is 11.8 Å². The third kappa shape index (κ3) is 3.24. The molecule has 1 aromatic carbocycles. The maximum Gasteiger partial charge on any atom is 0.123 e. The molecule has 0 aliphatic carbocycles. The van der Waals surface area contributed by atoms with Gasteiger partial charge in [0.15, 0.2) is 0 Å². The zero-order chi connectivity index (χ0) is 13.8. The van der Waals surface area contributed by atoms with Crippen molar-refractivity contribution in [1.29, 1.82) is 0 Å². The van der Waals surface area contributed by atoms with Crippen LogP contribution in [-0.4, -0.2) is 35.8 Å². The van der Waals surface area contributed by atoms with E-state index in [0.29, 0.717) is 12.5 Å². The van der Waals surface area contributed by atoms with Crippen LogP contribution in [-0.2, 0) is 6.54 Å². The SMILES string of the molecule is OC1CNCC1CNCc1csc(-c2ccccc2)n1. The third-order valence-corrected chi connectivity index (χ3v) is 4.53. The number of rotatable bonds is 5. The van der Waals surface area contributed by atoms with Crippen molar-refractivity contribution >= 4 is 11.3 Å². The lowest BCUT2D eigenvalue weighted by Gasteiger charge is -2.13. The van der Waals surface area contributed by atoms with Crippen molar-refractivity contribution in [1.82, 2.24) is 15.6 Å². The highest BCUT2D eigenvalue weighted by molar-refractivity contribution is 7.13. The lowest BCUT2D eigenvalue weighted by atomic mass is 10.1. The van der Waals surface area contributed by atoms with E-state index in [0.717, 1.165) is 30.3 Å². The molecule has 3 rings (SSSR count). The quantitative estimate of drug-likeness (QED) is 0.780. The number of hydrogen-bond acceptors (Lipinski definition) is 5. The maximum atomic E-state index is 9.72. The first kappa shape index (κ1) is 13.7. The minimum absolute atomic E-state index is 0.224. The fraction of sp³-hybridized carbons (Fsp3) is 0.400. The summed E-state index contributed by atoms with van der Waals surface area (Å²) in [6, 6.07) is 10.2. The second kappa shape index (κ2) is 6.45. The van der Waals surface area contributed by atoms with E-state index in [9.17, 15) is 5.11 Å². The Morgan fingerprint density at radius 3 is 2.90 bits per heavy atom. The van der Waals surface area contributed by atoms with Gasteiger partial charge in [0.25, 0.3) is 0 Å². The zero-order valence-electron chi connectivity index (χ0n) is 11.2. The molecular formula is C15H19N3OS. The molecule has 0 spiro atoms. The van der Waals surface area contributed by atoms with E-state index in [-0.39, 0.29) is 6.10 Å². The molecule has 1 aliphatic rings. The van der Waals surface area contributed by atoms with Gasteiger partial charge in [0, 0.05) is 43.0 Å². The number of aliphatic hydroxyl groups excluding tert-OH is 1. The summed E-state index contributed by atoms with van der Waals surface area (Å²) in [6.07, 6.45) is -0.224. The van der Waals surface area contributed by atoms with Crippen molar-refractivity contribution in [2.24, 2.45) is 5.92 Å². The predicted molar refractivity (Wildman–Crippen MR) is 81.6 cm³/mol. The Bertz CT molecular complexity index is 543. The molecule has 0 radical (unpaired) electrons. The van der Waals surface area contributed by atoms with E-state index in [1.807, 2.05) is 18.2 Å². The fourth-order valence-corrected chi connectivity index (χ4v) is 3.24. The molecule has 0 bridgehead atoms. The molecule has 20 heavy (non-hydrogen) atoms. The van der Waals surface area contributed by atoms with Gasteiger partial charge in [0.1, 0.15) is 5.01 Å². The lowest BCUT2D eigenvalue weighted by molar-refractivity contribution is 0.146. The van der Waals surface area contributed by atoms with Crippen molar-refractivity contribution in [2.45, 2.75) is 12.6 Å². The molecule has 1 aliphatic heterocycles. The highest BCUT2D eigenvalue weighted by Gasteiger charge is 2.24. The molecule has 2 unspecified atom stereocenters. The van der Waals surface area contributed by atoms with Crippen LogP contribution in [0.2, 0.25) is 0 Å². The van der Waals surface area contributed by atoms with Gasteiger partial charge < -0.3 is 15.7 Å². The number of benzene rings is 1. The molecule has 5 heteroatoms. The third-order valence-electron chi connectivity index (χ3n) is 3.59. The minimum atomic E-state index is -0.224. The number of β-amino-alcohol motifs (C(OH)–C–C–N with tert-alkyl or cyclic N) is 1. The standard InChI is InChI=1S/C15H19N3OS/c19-14-9-17-7-12(14)6-16-8-13-10-20-15(18-13)11-4-2-1-3-5-11/h1-5,10,12,14,16-17,19H,6-9H2. The Labute approximate surface area is 122 Å². The van der Waals surface area contributed by atoms with Crippen molar-refractivity contribution in [3.63, 3.8) is 0 Å². The van der Waals surface area contributed by atoms with Crippen LogP contribution in [0.25, 0.3) is 10.6 Å². The average molecular weight is 289 g/mol. The summed E-state index contributed by atoms with van der Waals surface area (Å²) < 4.78 is 0. The molecule has 2 atom stereocenters. The van der Waals surface area contributed by atoms with Gasteiger partial charge in [-0.3, -0.25) is 0 Å². The van der Waals surface area contributed by atoms with Crippen molar-refractivity contribution in [3.8, 4) is 10.6 Å². The first-order chi connectivity index (χ1) is 9.83. The Morgan fingerprint density at radius 1 is 1.30 bits per heavy atom. The second-order valence-electron chi connectivity index (χ2n) is 5.13. The lowest BCUT2D eigenvalue weighted by Crippen LogP contribution is -2.30. The van der Waals surface area contributed by atoms with Gasteiger partial charge in [-0.2, -0.15) is 0 Å². The Balaban J connectivity index is 1.53. The van der Waals surface area contributed by atoms with Gasteiger partial charge in [-0.15, -0.1) is 11.3 Å². The first-order valence-corrected chi connectivity index (χ1v) is 7.80. The smallest absolute Gasteiger partial charge is 0.123 e. The number of nitrogens with zero attached hydrogens (tertiary/aromatic N) is 1. The van der Waals surface area contributed by atoms with Gasteiger partial charge in [0.2, 0.25) is 0 Å². The molecule has 0 saturated carbocycles. The van der Waals surface area contributed by atoms with Crippen LogP contribution in [0.15, 0.2) is 35.7 Å². The summed E-state index contributed by atoms with van der Waals surface area (Å²) in [5.41, 5.74) is 2.23. The number of nitrogens with one attached hydrogen (secondary N) is 2. The largest absolute Gasteiger partial charge is 0.391 e. The van der Waals surface area contributed by atoms with E-state index in [2.05, 4.69) is 33.1 Å². The Morgan fingerprint density at radius 2 is 2.15 bits per heavy atom. The molecule has 3 N–H and O–H groups in total. The molecule has 1 aromatic heterocycles. The summed E-state index contributed by atoms with van der Waals surface area (Å²) in [5.74, 6) is 0.308.